The van der Waals surface area contributed by atoms with Crippen molar-refractivity contribution in [2.75, 3.05) is 18.5 Å². The van der Waals surface area contributed by atoms with E-state index in [9.17, 15) is 19.7 Å². The summed E-state index contributed by atoms with van der Waals surface area (Å²) in [6.45, 7) is 0.537. The second kappa shape index (κ2) is 6.40. The molecule has 1 aromatic carbocycles. The van der Waals surface area contributed by atoms with E-state index in [1.165, 1.54) is 17.0 Å². The topological polar surface area (TPSA) is 83.8 Å². The molecule has 24 heavy (non-hydrogen) atoms. The van der Waals surface area contributed by atoms with Crippen LogP contribution in [0.5, 0.6) is 0 Å². The molecule has 1 aliphatic rings. The normalized spacial score (nSPS) is 17.1. The number of hydrogen-bond acceptors (Lipinski definition) is 5. The van der Waals surface area contributed by atoms with Crippen LogP contribution in [0.2, 0.25) is 0 Å². The van der Waals surface area contributed by atoms with Gasteiger partial charge in [-0.05, 0) is 24.6 Å². The van der Waals surface area contributed by atoms with E-state index in [4.69, 9.17) is 0 Å². The van der Waals surface area contributed by atoms with Crippen molar-refractivity contribution in [2.45, 2.75) is 12.5 Å². The molecule has 2 heterocycles. The molecule has 1 fully saturated rings. The fourth-order valence-electron chi connectivity index (χ4n) is 2.74. The minimum Gasteiger partial charge on any atom is -0.329 e. The average molecular weight is 345 g/mol. The van der Waals surface area contributed by atoms with Gasteiger partial charge in [0, 0.05) is 25.3 Å². The highest BCUT2D eigenvalue weighted by molar-refractivity contribution is 7.17. The summed E-state index contributed by atoms with van der Waals surface area (Å²) in [5.41, 5.74) is 0.803. The fourth-order valence-corrected chi connectivity index (χ4v) is 3.55. The van der Waals surface area contributed by atoms with Crippen LogP contribution in [0.3, 0.4) is 0 Å². The van der Waals surface area contributed by atoms with E-state index in [-0.39, 0.29) is 21.7 Å². The lowest BCUT2D eigenvalue weighted by Gasteiger charge is -2.23. The first-order valence-corrected chi connectivity index (χ1v) is 8.18. The van der Waals surface area contributed by atoms with Gasteiger partial charge in [0.15, 0.2) is 0 Å². The molecular formula is C16H15N3O4S. The molecular weight excluding hydrogens is 330 g/mol. The summed E-state index contributed by atoms with van der Waals surface area (Å²) >= 11 is 0.819. The quantitative estimate of drug-likeness (QED) is 0.630. The summed E-state index contributed by atoms with van der Waals surface area (Å²) in [5, 5.41) is 10.7. The number of benzene rings is 1. The Morgan fingerprint density at radius 3 is 2.62 bits per heavy atom. The van der Waals surface area contributed by atoms with Crippen LogP contribution >= 0.6 is 11.3 Å². The Bertz CT molecular complexity index is 790. The summed E-state index contributed by atoms with van der Waals surface area (Å²) in [4.78, 5) is 38.6. The first kappa shape index (κ1) is 16.1. The van der Waals surface area contributed by atoms with E-state index >= 15 is 0 Å². The Labute approximate surface area is 142 Å². The number of rotatable bonds is 4. The number of anilines is 1. The van der Waals surface area contributed by atoms with Crippen molar-refractivity contribution >= 4 is 33.8 Å². The molecule has 0 spiro atoms. The maximum absolute atomic E-state index is 12.6. The van der Waals surface area contributed by atoms with Crippen molar-refractivity contribution in [3.05, 3.63) is 57.5 Å². The smallest absolute Gasteiger partial charge is 0.324 e. The highest BCUT2D eigenvalue weighted by atomic mass is 32.1. The lowest BCUT2D eigenvalue weighted by molar-refractivity contribution is -0.380. The number of thiophene rings is 1. The third-order valence-corrected chi connectivity index (χ3v) is 5.04. The zero-order valence-corrected chi connectivity index (χ0v) is 13.7. The van der Waals surface area contributed by atoms with Crippen LogP contribution in [0, 0.1) is 10.1 Å². The molecule has 1 saturated heterocycles. The second-order valence-corrected chi connectivity index (χ2v) is 6.50. The molecule has 0 aliphatic carbocycles. The minimum absolute atomic E-state index is 0.0876. The Hall–Kier alpha value is -2.74. The summed E-state index contributed by atoms with van der Waals surface area (Å²) in [7, 11) is 1.56. The van der Waals surface area contributed by atoms with E-state index in [2.05, 4.69) is 0 Å². The molecule has 3 rings (SSSR count). The number of para-hydroxylation sites is 1. The van der Waals surface area contributed by atoms with Gasteiger partial charge in [0.25, 0.3) is 5.91 Å². The Morgan fingerprint density at radius 1 is 1.29 bits per heavy atom. The maximum Gasteiger partial charge on any atom is 0.324 e. The number of likely N-dealkylation sites (N-methyl/N-ethyl adjacent to an activating group) is 1. The average Bonchev–Trinajstić information content (AvgIpc) is 3.21. The van der Waals surface area contributed by atoms with Gasteiger partial charge in [0.2, 0.25) is 5.91 Å². The largest absolute Gasteiger partial charge is 0.329 e. The molecule has 1 atom stereocenters. The standard InChI is InChI=1S/C16H15N3O4S/c1-17(16(21)13-7-8-14(24-13)19(22)23)12-9-10-18(15(12)20)11-5-3-2-4-6-11/h2-8,12H,9-10H2,1H3/t12-/m0/s1. The van der Waals surface area contributed by atoms with Crippen LogP contribution in [0.15, 0.2) is 42.5 Å². The van der Waals surface area contributed by atoms with Gasteiger partial charge in [0.1, 0.15) is 6.04 Å². The van der Waals surface area contributed by atoms with Gasteiger partial charge in [-0.1, -0.05) is 29.5 Å². The van der Waals surface area contributed by atoms with E-state index < -0.39 is 11.0 Å². The molecule has 0 bridgehead atoms. The highest BCUT2D eigenvalue weighted by Gasteiger charge is 2.37. The van der Waals surface area contributed by atoms with Crippen LogP contribution in [-0.2, 0) is 4.79 Å². The molecule has 0 unspecified atom stereocenters. The van der Waals surface area contributed by atoms with Crippen molar-refractivity contribution in [3.63, 3.8) is 0 Å². The fraction of sp³-hybridized carbons (Fsp3) is 0.250. The number of hydrogen-bond donors (Lipinski definition) is 0. The van der Waals surface area contributed by atoms with Crippen LogP contribution in [0.1, 0.15) is 16.1 Å². The summed E-state index contributed by atoms with van der Waals surface area (Å²) in [5.74, 6) is -0.510. The molecule has 2 amide bonds. The van der Waals surface area contributed by atoms with Crippen molar-refractivity contribution in [1.29, 1.82) is 0 Å². The van der Waals surface area contributed by atoms with Crippen molar-refractivity contribution < 1.29 is 14.5 Å². The first-order chi connectivity index (χ1) is 11.5. The number of carbonyl (C=O) groups excluding carboxylic acids is 2. The van der Waals surface area contributed by atoms with Gasteiger partial charge in [-0.3, -0.25) is 19.7 Å². The third kappa shape index (κ3) is 2.88. The number of nitrogens with zero attached hydrogens (tertiary/aromatic N) is 3. The maximum atomic E-state index is 12.6. The van der Waals surface area contributed by atoms with Gasteiger partial charge in [0.05, 0.1) is 9.80 Å². The summed E-state index contributed by atoms with van der Waals surface area (Å²) in [6, 6.07) is 11.5. The third-order valence-electron chi connectivity index (χ3n) is 4.02. The molecule has 0 N–H and O–H groups in total. The SMILES string of the molecule is CN(C(=O)c1ccc([N+](=O)[O-])s1)[C@H]1CCN(c2ccccc2)C1=O. The van der Waals surface area contributed by atoms with Crippen LogP contribution in [0.4, 0.5) is 10.7 Å². The lowest BCUT2D eigenvalue weighted by Crippen LogP contribution is -2.42. The Morgan fingerprint density at radius 2 is 2.00 bits per heavy atom. The highest BCUT2D eigenvalue weighted by Crippen LogP contribution is 2.28. The molecule has 7 nitrogen and oxygen atoms in total. The summed E-state index contributed by atoms with van der Waals surface area (Å²) < 4.78 is 0. The van der Waals surface area contributed by atoms with Gasteiger partial charge >= 0.3 is 5.00 Å². The Kier molecular flexibility index (Phi) is 4.30. The van der Waals surface area contributed by atoms with E-state index in [1.807, 2.05) is 30.3 Å². The lowest BCUT2D eigenvalue weighted by atomic mass is 10.2. The van der Waals surface area contributed by atoms with Gasteiger partial charge in [-0.15, -0.1) is 0 Å². The molecule has 8 heteroatoms. The Balaban J connectivity index is 1.75. The monoisotopic (exact) mass is 345 g/mol. The van der Waals surface area contributed by atoms with Gasteiger partial charge in [-0.25, -0.2) is 0 Å². The van der Waals surface area contributed by atoms with E-state index in [0.717, 1.165) is 17.0 Å². The summed E-state index contributed by atoms with van der Waals surface area (Å²) in [6.07, 6.45) is 0.531. The van der Waals surface area contributed by atoms with Crippen LogP contribution in [0.25, 0.3) is 0 Å². The molecule has 0 saturated carbocycles. The second-order valence-electron chi connectivity index (χ2n) is 5.44. The molecule has 2 aromatic rings. The minimum atomic E-state index is -0.557. The predicted octanol–water partition coefficient (Wildman–Crippen LogP) is 2.53. The van der Waals surface area contributed by atoms with E-state index in [1.54, 1.807) is 11.9 Å². The van der Waals surface area contributed by atoms with Crippen molar-refractivity contribution in [2.24, 2.45) is 0 Å². The first-order valence-electron chi connectivity index (χ1n) is 7.37. The van der Waals surface area contributed by atoms with Crippen LogP contribution < -0.4 is 4.90 Å². The zero-order valence-electron chi connectivity index (χ0n) is 12.9. The molecule has 1 aromatic heterocycles. The zero-order chi connectivity index (χ0) is 17.3. The van der Waals surface area contributed by atoms with Gasteiger partial charge in [-0.2, -0.15) is 0 Å². The van der Waals surface area contributed by atoms with Crippen molar-refractivity contribution in [3.8, 4) is 0 Å². The van der Waals surface area contributed by atoms with Crippen molar-refractivity contribution in [1.82, 2.24) is 4.90 Å². The molecule has 124 valence electrons. The number of carbonyl (C=O) groups is 2. The number of amides is 2. The van der Waals surface area contributed by atoms with Gasteiger partial charge < -0.3 is 9.80 Å². The predicted molar refractivity (Wildman–Crippen MR) is 90.3 cm³/mol. The molecule has 1 aliphatic heterocycles. The number of nitro groups is 1. The van der Waals surface area contributed by atoms with Crippen LogP contribution in [-0.4, -0.2) is 41.3 Å². The van der Waals surface area contributed by atoms with E-state index in [0.29, 0.717) is 13.0 Å². The molecule has 0 radical (unpaired) electrons.